The minimum absolute atomic E-state index is 0.0412. The van der Waals surface area contributed by atoms with Crippen LogP contribution in [0.4, 0.5) is 5.82 Å². The third-order valence-electron chi connectivity index (χ3n) is 3.21. The van der Waals surface area contributed by atoms with Crippen LogP contribution in [0.5, 0.6) is 0 Å². The molecular weight excluding hydrogens is 282 g/mol. The van der Waals surface area contributed by atoms with Crippen molar-refractivity contribution >= 4 is 21.8 Å². The molecule has 1 aromatic rings. The van der Waals surface area contributed by atoms with E-state index < -0.39 is 21.2 Å². The van der Waals surface area contributed by atoms with Crippen LogP contribution in [-0.2, 0) is 10.0 Å². The van der Waals surface area contributed by atoms with E-state index in [9.17, 15) is 13.2 Å². The van der Waals surface area contributed by atoms with Crippen LogP contribution in [0.15, 0.2) is 18.2 Å². The van der Waals surface area contributed by atoms with E-state index in [1.807, 2.05) is 0 Å². The summed E-state index contributed by atoms with van der Waals surface area (Å²) in [6, 6.07) is 4.71. The van der Waals surface area contributed by atoms with Gasteiger partial charge in [-0.3, -0.25) is 0 Å². The summed E-state index contributed by atoms with van der Waals surface area (Å²) >= 11 is 0. The second kappa shape index (κ2) is 5.76. The van der Waals surface area contributed by atoms with Gasteiger partial charge in [0.15, 0.2) is 5.69 Å². The third-order valence-corrected chi connectivity index (χ3v) is 5.16. The lowest BCUT2D eigenvalue weighted by atomic mass is 10.3. The molecule has 1 unspecified atom stereocenters. The van der Waals surface area contributed by atoms with Gasteiger partial charge >= 0.3 is 5.97 Å². The summed E-state index contributed by atoms with van der Waals surface area (Å²) in [7, 11) is -3.31. The molecule has 0 saturated carbocycles. The maximum Gasteiger partial charge on any atom is 0.354 e. The molecule has 1 atom stereocenters. The summed E-state index contributed by atoms with van der Waals surface area (Å²) in [4.78, 5) is 16.7. The number of pyridine rings is 1. The number of carboxylic acids is 1. The van der Waals surface area contributed by atoms with Crippen LogP contribution in [0.3, 0.4) is 0 Å². The van der Waals surface area contributed by atoms with Gasteiger partial charge in [-0.2, -0.15) is 0 Å². The highest BCUT2D eigenvalue weighted by atomic mass is 32.2. The third kappa shape index (κ3) is 3.07. The number of rotatable bonds is 5. The maximum atomic E-state index is 11.9. The van der Waals surface area contributed by atoms with Gasteiger partial charge in [0.05, 0.1) is 5.25 Å². The quantitative estimate of drug-likeness (QED) is 0.811. The molecule has 1 aromatic heterocycles. The van der Waals surface area contributed by atoms with Crippen LogP contribution in [0, 0.1) is 0 Å². The maximum absolute atomic E-state index is 11.9. The van der Waals surface area contributed by atoms with Gasteiger partial charge in [-0.15, -0.1) is 0 Å². The minimum atomic E-state index is -3.31. The van der Waals surface area contributed by atoms with E-state index in [4.69, 9.17) is 5.11 Å². The van der Waals surface area contributed by atoms with E-state index in [1.165, 1.54) is 6.07 Å². The number of nitrogens with zero attached hydrogens (tertiary/aromatic N) is 2. The van der Waals surface area contributed by atoms with Gasteiger partial charge in [0, 0.05) is 19.6 Å². The summed E-state index contributed by atoms with van der Waals surface area (Å²) in [6.45, 7) is 2.98. The zero-order chi connectivity index (χ0) is 14.8. The molecule has 0 aliphatic carbocycles. The fourth-order valence-corrected chi connectivity index (χ4v) is 3.66. The van der Waals surface area contributed by atoms with Gasteiger partial charge in [-0.25, -0.2) is 22.9 Å². The normalized spacial score (nSPS) is 19.2. The Bertz CT molecular complexity index is 602. The lowest BCUT2D eigenvalue weighted by molar-refractivity contribution is 0.0690. The fourth-order valence-electron chi connectivity index (χ4n) is 2.23. The van der Waals surface area contributed by atoms with Gasteiger partial charge in [-0.1, -0.05) is 13.0 Å². The fraction of sp³-hybridized carbons (Fsp3) is 0.500. The zero-order valence-corrected chi connectivity index (χ0v) is 11.9. The smallest absolute Gasteiger partial charge is 0.354 e. The number of sulfonamides is 1. The lowest BCUT2D eigenvalue weighted by Crippen LogP contribution is -2.36. The number of aromatic carboxylic acids is 1. The second-order valence-electron chi connectivity index (χ2n) is 4.59. The van der Waals surface area contributed by atoms with Crippen molar-refractivity contribution in [2.75, 3.05) is 24.5 Å². The van der Waals surface area contributed by atoms with Crippen molar-refractivity contribution in [3.63, 3.8) is 0 Å². The number of hydrogen-bond donors (Lipinski definition) is 2. The Morgan fingerprint density at radius 2 is 2.30 bits per heavy atom. The number of carbonyl (C=O) groups is 1. The largest absolute Gasteiger partial charge is 0.477 e. The topological polar surface area (TPSA) is 99.6 Å². The Labute approximate surface area is 117 Å². The molecular formula is C12H17N3O4S. The summed E-state index contributed by atoms with van der Waals surface area (Å²) in [5.41, 5.74) is -0.0412. The van der Waals surface area contributed by atoms with Crippen molar-refractivity contribution in [3.05, 3.63) is 23.9 Å². The van der Waals surface area contributed by atoms with E-state index in [0.29, 0.717) is 31.9 Å². The molecule has 1 aliphatic rings. The van der Waals surface area contributed by atoms with Gasteiger partial charge in [0.2, 0.25) is 10.0 Å². The Morgan fingerprint density at radius 1 is 1.55 bits per heavy atom. The number of hydrogen-bond acceptors (Lipinski definition) is 5. The Balaban J connectivity index is 2.14. The molecule has 2 N–H and O–H groups in total. The molecule has 7 nitrogen and oxygen atoms in total. The van der Waals surface area contributed by atoms with Crippen LogP contribution in [0.1, 0.15) is 23.8 Å². The van der Waals surface area contributed by atoms with Gasteiger partial charge in [0.1, 0.15) is 5.82 Å². The van der Waals surface area contributed by atoms with E-state index in [-0.39, 0.29) is 5.69 Å². The average Bonchev–Trinajstić information content (AvgIpc) is 2.89. The van der Waals surface area contributed by atoms with Gasteiger partial charge in [0.25, 0.3) is 0 Å². The van der Waals surface area contributed by atoms with Gasteiger partial charge in [-0.05, 0) is 18.6 Å². The number of nitrogens with one attached hydrogen (secondary N) is 1. The first-order valence-electron chi connectivity index (χ1n) is 6.38. The van der Waals surface area contributed by atoms with Gasteiger partial charge < -0.3 is 10.0 Å². The predicted octanol–water partition coefficient (Wildman–Crippen LogP) is 0.298. The van der Waals surface area contributed by atoms with E-state index >= 15 is 0 Å². The summed E-state index contributed by atoms with van der Waals surface area (Å²) in [6.07, 6.45) is 0.508. The molecule has 2 heterocycles. The first kappa shape index (κ1) is 14.7. The highest BCUT2D eigenvalue weighted by molar-refractivity contribution is 7.90. The summed E-state index contributed by atoms with van der Waals surface area (Å²) in [5, 5.41) is 8.43. The molecule has 0 radical (unpaired) electrons. The van der Waals surface area contributed by atoms with Crippen molar-refractivity contribution in [1.29, 1.82) is 0 Å². The molecule has 1 aliphatic heterocycles. The van der Waals surface area contributed by atoms with E-state index in [2.05, 4.69) is 9.71 Å². The molecule has 20 heavy (non-hydrogen) atoms. The first-order chi connectivity index (χ1) is 9.44. The molecule has 1 saturated heterocycles. The summed E-state index contributed by atoms with van der Waals surface area (Å²) < 4.78 is 26.4. The highest BCUT2D eigenvalue weighted by Gasteiger charge is 2.33. The SMILES string of the molecule is CCNS(=O)(=O)C1CCN(c2cccc(C(=O)O)n2)C1. The van der Waals surface area contributed by atoms with Crippen molar-refractivity contribution in [3.8, 4) is 0 Å². The standard InChI is InChI=1S/C12H17N3O4S/c1-2-13-20(18,19)9-6-7-15(8-9)11-5-3-4-10(14-11)12(16)17/h3-5,9,13H,2,6-8H2,1H3,(H,16,17). The highest BCUT2D eigenvalue weighted by Crippen LogP contribution is 2.22. The van der Waals surface area contributed by atoms with Crippen LogP contribution in [-0.4, -0.2) is 49.4 Å². The molecule has 0 bridgehead atoms. The molecule has 1 fully saturated rings. The van der Waals surface area contributed by atoms with Crippen molar-refractivity contribution in [1.82, 2.24) is 9.71 Å². The zero-order valence-electron chi connectivity index (χ0n) is 11.1. The van der Waals surface area contributed by atoms with E-state index in [1.54, 1.807) is 24.0 Å². The Kier molecular flexibility index (Phi) is 4.24. The Morgan fingerprint density at radius 3 is 2.95 bits per heavy atom. The molecule has 2 rings (SSSR count). The van der Waals surface area contributed by atoms with Crippen LogP contribution < -0.4 is 9.62 Å². The number of carboxylic acid groups (broad SMARTS) is 1. The predicted molar refractivity (Wildman–Crippen MR) is 74.4 cm³/mol. The second-order valence-corrected chi connectivity index (χ2v) is 6.63. The molecule has 0 aromatic carbocycles. The van der Waals surface area contributed by atoms with Crippen LogP contribution in [0.2, 0.25) is 0 Å². The Hall–Kier alpha value is -1.67. The first-order valence-corrected chi connectivity index (χ1v) is 7.92. The molecule has 0 amide bonds. The van der Waals surface area contributed by atoms with Crippen LogP contribution >= 0.6 is 0 Å². The molecule has 0 spiro atoms. The number of aromatic nitrogens is 1. The van der Waals surface area contributed by atoms with Crippen molar-refractivity contribution in [2.24, 2.45) is 0 Å². The lowest BCUT2D eigenvalue weighted by Gasteiger charge is -2.17. The van der Waals surface area contributed by atoms with Crippen molar-refractivity contribution < 1.29 is 18.3 Å². The summed E-state index contributed by atoms with van der Waals surface area (Å²) in [5.74, 6) is -0.595. The van der Waals surface area contributed by atoms with Crippen molar-refractivity contribution in [2.45, 2.75) is 18.6 Å². The molecule has 110 valence electrons. The number of anilines is 1. The van der Waals surface area contributed by atoms with E-state index in [0.717, 1.165) is 0 Å². The average molecular weight is 299 g/mol. The van der Waals surface area contributed by atoms with Crippen LogP contribution in [0.25, 0.3) is 0 Å². The minimum Gasteiger partial charge on any atom is -0.477 e. The monoisotopic (exact) mass is 299 g/mol. The molecule has 8 heteroatoms.